The second-order valence-corrected chi connectivity index (χ2v) is 14.1. The molecule has 0 rings (SSSR count). The summed E-state index contributed by atoms with van der Waals surface area (Å²) >= 11 is 0. The summed E-state index contributed by atoms with van der Waals surface area (Å²) in [4.78, 5) is 36.6. The van der Waals surface area contributed by atoms with Crippen LogP contribution in [-0.4, -0.2) is 80.6 Å². The third-order valence-corrected chi connectivity index (χ3v) is 8.30. The van der Waals surface area contributed by atoms with Crippen molar-refractivity contribution < 1.29 is 38.2 Å². The Labute approximate surface area is 323 Å². The normalized spacial score (nSPS) is 13.9. The predicted molar refractivity (Wildman–Crippen MR) is 220 cm³/mol. The van der Waals surface area contributed by atoms with Crippen LogP contribution in [0.2, 0.25) is 0 Å². The highest BCUT2D eigenvalue weighted by Gasteiger charge is 2.31. The summed E-state index contributed by atoms with van der Waals surface area (Å²) in [5.74, 6) is -1.60. The van der Waals surface area contributed by atoms with Crippen molar-refractivity contribution in [3.8, 4) is 0 Å². The van der Waals surface area contributed by atoms with E-state index in [4.69, 9.17) is 14.2 Å². The first-order valence-corrected chi connectivity index (χ1v) is 20.1. The largest absolute Gasteiger partial charge is 0.477 e. The van der Waals surface area contributed by atoms with Gasteiger partial charge in [0.1, 0.15) is 6.61 Å². The van der Waals surface area contributed by atoms with Crippen LogP contribution >= 0.6 is 0 Å². The molecular formula is C45H74NO7+. The van der Waals surface area contributed by atoms with Gasteiger partial charge in [-0.3, -0.25) is 9.59 Å². The number of rotatable bonds is 34. The summed E-state index contributed by atoms with van der Waals surface area (Å²) in [6, 6.07) is -0.628. The molecule has 2 unspecified atom stereocenters. The maximum absolute atomic E-state index is 12.5. The first kappa shape index (κ1) is 49.5. The van der Waals surface area contributed by atoms with Crippen molar-refractivity contribution in [1.29, 1.82) is 0 Å². The Hall–Kier alpha value is -3.49. The van der Waals surface area contributed by atoms with Crippen LogP contribution in [0.25, 0.3) is 0 Å². The lowest BCUT2D eigenvalue weighted by Gasteiger charge is -2.31. The van der Waals surface area contributed by atoms with Gasteiger partial charge in [-0.25, -0.2) is 4.79 Å². The Bertz CT molecular complexity index is 1140. The van der Waals surface area contributed by atoms with E-state index in [1.54, 1.807) is 0 Å². The van der Waals surface area contributed by atoms with Crippen LogP contribution in [0.15, 0.2) is 85.1 Å². The molecule has 0 bridgehead atoms. The molecule has 8 heteroatoms. The molecule has 0 aromatic rings. The first-order chi connectivity index (χ1) is 25.6. The van der Waals surface area contributed by atoms with Gasteiger partial charge in [0.2, 0.25) is 0 Å². The van der Waals surface area contributed by atoms with Gasteiger partial charge in [-0.2, -0.15) is 0 Å². The zero-order chi connectivity index (χ0) is 39.3. The molecule has 1 N–H and O–H groups in total. The lowest BCUT2D eigenvalue weighted by Crippen LogP contribution is -2.50. The van der Waals surface area contributed by atoms with Crippen LogP contribution in [0.4, 0.5) is 0 Å². The van der Waals surface area contributed by atoms with E-state index in [9.17, 15) is 19.5 Å². The van der Waals surface area contributed by atoms with Gasteiger partial charge >= 0.3 is 17.9 Å². The third kappa shape index (κ3) is 34.1. The number of quaternary nitrogens is 1. The van der Waals surface area contributed by atoms with Crippen molar-refractivity contribution in [2.45, 2.75) is 142 Å². The second kappa shape index (κ2) is 35.5. The number of nitrogens with zero attached hydrogens (tertiary/aromatic N) is 1. The monoisotopic (exact) mass is 741 g/mol. The predicted octanol–water partition coefficient (Wildman–Crippen LogP) is 10.6. The van der Waals surface area contributed by atoms with E-state index < -0.39 is 18.1 Å². The Morgan fingerprint density at radius 2 is 1.04 bits per heavy atom. The Morgan fingerprint density at radius 3 is 1.55 bits per heavy atom. The summed E-state index contributed by atoms with van der Waals surface area (Å²) in [6.45, 7) is 4.36. The van der Waals surface area contributed by atoms with Crippen LogP contribution in [-0.2, 0) is 28.6 Å². The van der Waals surface area contributed by atoms with Gasteiger partial charge in [-0.1, -0.05) is 125 Å². The molecule has 0 aliphatic rings. The number of carbonyl (C=O) groups excluding carboxylic acids is 2. The topological polar surface area (TPSA) is 99.1 Å². The molecule has 0 aliphatic carbocycles. The van der Waals surface area contributed by atoms with Crippen molar-refractivity contribution in [2.75, 3.05) is 41.0 Å². The lowest BCUT2D eigenvalue weighted by molar-refractivity contribution is -0.887. The third-order valence-electron chi connectivity index (χ3n) is 8.30. The number of carbonyl (C=O) groups is 3. The number of allylic oxidation sites excluding steroid dienone is 14. The number of aliphatic carboxylic acids is 1. The number of carboxylic acid groups (broad SMARTS) is 1. The highest BCUT2D eigenvalue weighted by molar-refractivity contribution is 5.72. The van der Waals surface area contributed by atoms with E-state index in [0.717, 1.165) is 77.0 Å². The quantitative estimate of drug-likeness (QED) is 0.0303. The Kier molecular flexibility index (Phi) is 33.2. The van der Waals surface area contributed by atoms with E-state index in [0.29, 0.717) is 19.3 Å². The van der Waals surface area contributed by atoms with E-state index in [-0.39, 0.29) is 42.7 Å². The van der Waals surface area contributed by atoms with Gasteiger partial charge in [0.25, 0.3) is 0 Å². The van der Waals surface area contributed by atoms with E-state index in [2.05, 4.69) is 86.8 Å². The van der Waals surface area contributed by atoms with E-state index in [1.165, 1.54) is 12.8 Å². The fraction of sp³-hybridized carbons (Fsp3) is 0.622. The average Bonchev–Trinajstić information content (AvgIpc) is 3.11. The highest BCUT2D eigenvalue weighted by atomic mass is 16.6. The second-order valence-electron chi connectivity index (χ2n) is 14.1. The van der Waals surface area contributed by atoms with Crippen molar-refractivity contribution in [1.82, 2.24) is 0 Å². The smallest absolute Gasteiger partial charge is 0.362 e. The van der Waals surface area contributed by atoms with Gasteiger partial charge in [0.05, 0.1) is 34.4 Å². The van der Waals surface area contributed by atoms with Gasteiger partial charge in [-0.15, -0.1) is 0 Å². The molecule has 2 atom stereocenters. The lowest BCUT2D eigenvalue weighted by atomic mass is 10.1. The van der Waals surface area contributed by atoms with Crippen molar-refractivity contribution >= 4 is 17.9 Å². The summed E-state index contributed by atoms with van der Waals surface area (Å²) in [7, 11) is 5.48. The van der Waals surface area contributed by atoms with Gasteiger partial charge in [0.15, 0.2) is 12.1 Å². The van der Waals surface area contributed by atoms with E-state index in [1.807, 2.05) is 33.3 Å². The molecule has 0 saturated carbocycles. The summed E-state index contributed by atoms with van der Waals surface area (Å²) < 4.78 is 17.1. The molecule has 0 radical (unpaired) electrons. The molecule has 0 fully saturated rings. The maximum atomic E-state index is 12.5. The molecule has 300 valence electrons. The fourth-order valence-corrected chi connectivity index (χ4v) is 5.23. The fourth-order valence-electron chi connectivity index (χ4n) is 5.23. The van der Waals surface area contributed by atoms with Crippen LogP contribution in [0, 0.1) is 0 Å². The van der Waals surface area contributed by atoms with Gasteiger partial charge in [-0.05, 0) is 70.6 Å². The molecule has 0 aromatic carbocycles. The van der Waals surface area contributed by atoms with Crippen LogP contribution < -0.4 is 0 Å². The van der Waals surface area contributed by atoms with Gasteiger partial charge in [0, 0.05) is 19.3 Å². The molecule has 0 aromatic heterocycles. The average molecular weight is 741 g/mol. The zero-order valence-electron chi connectivity index (χ0n) is 33.9. The van der Waals surface area contributed by atoms with E-state index >= 15 is 0 Å². The first-order valence-electron chi connectivity index (χ1n) is 20.1. The molecule has 0 saturated heterocycles. The minimum Gasteiger partial charge on any atom is -0.477 e. The number of carboxylic acids is 1. The number of hydrogen-bond acceptors (Lipinski definition) is 6. The molecule has 0 heterocycles. The number of hydrogen-bond donors (Lipinski definition) is 1. The van der Waals surface area contributed by atoms with Crippen LogP contribution in [0.5, 0.6) is 0 Å². The minimum atomic E-state index is -0.891. The Balaban J connectivity index is 4.28. The van der Waals surface area contributed by atoms with Gasteiger partial charge < -0.3 is 23.8 Å². The minimum absolute atomic E-state index is 0.0276. The molecule has 0 aliphatic heterocycles. The maximum Gasteiger partial charge on any atom is 0.362 e. The van der Waals surface area contributed by atoms with Crippen LogP contribution in [0.3, 0.4) is 0 Å². The summed E-state index contributed by atoms with van der Waals surface area (Å²) in [6.07, 6.45) is 45.3. The number of esters is 2. The van der Waals surface area contributed by atoms with Crippen molar-refractivity contribution in [3.63, 3.8) is 0 Å². The molecular weight excluding hydrogens is 666 g/mol. The highest BCUT2D eigenvalue weighted by Crippen LogP contribution is 2.12. The van der Waals surface area contributed by atoms with Crippen molar-refractivity contribution in [3.05, 3.63) is 85.1 Å². The Morgan fingerprint density at radius 1 is 0.566 bits per heavy atom. The molecule has 0 amide bonds. The summed E-state index contributed by atoms with van der Waals surface area (Å²) in [5, 5.41) is 9.57. The number of unbranched alkanes of at least 4 members (excludes halogenated alkanes) is 6. The zero-order valence-corrected chi connectivity index (χ0v) is 33.9. The molecule has 0 spiro atoms. The number of likely N-dealkylation sites (N-methyl/N-ethyl adjacent to an activating group) is 1. The number of ether oxygens (including phenoxy) is 3. The van der Waals surface area contributed by atoms with Crippen LogP contribution in [0.1, 0.15) is 129 Å². The summed E-state index contributed by atoms with van der Waals surface area (Å²) in [5.41, 5.74) is 0. The van der Waals surface area contributed by atoms with Crippen molar-refractivity contribution in [2.24, 2.45) is 0 Å². The molecule has 53 heavy (non-hydrogen) atoms. The SMILES string of the molecule is CC/C=C/C/C=C/C/C=C/C/C=C/C/C=C/CCCCCCCCC(=O)OCC(COCCC(C(=O)O)[N+](C)(C)C)OC(=O)CC/C=C/C/C=C/CC. The molecule has 8 nitrogen and oxygen atoms in total. The standard InChI is InChI=1S/C45H73NO7/c1-6-8-10-12-14-15-16-17-18-19-20-21-22-23-24-25-26-27-28-30-31-33-35-43(47)52-40-41(39-51-38-37-42(45(49)50)46(3,4)5)53-44(48)36-34-32-29-13-11-9-7-2/h8-11,14-15,17-18,20-21,23-24,29,32,41-42H,6-7,12-13,16,19,22,25-28,30-31,33-40H2,1-5H3/p+1/b10-8+,11-9+,15-14+,18-17+,21-20+,24-23+,32-29+.